The molecule has 1 fully saturated rings. The predicted octanol–water partition coefficient (Wildman–Crippen LogP) is -1.10. The number of aliphatic hydroxyl groups excluding tert-OH is 2. The van der Waals surface area contributed by atoms with Crippen molar-refractivity contribution in [1.82, 2.24) is 0 Å². The highest BCUT2D eigenvalue weighted by Gasteiger charge is 2.42. The van der Waals surface area contributed by atoms with Crippen LogP contribution in [-0.2, 0) is 4.79 Å². The molecule has 76 valence electrons. The fraction of sp³-hybridized carbons (Fsp3) is 0.889. The van der Waals surface area contributed by atoms with Crippen molar-refractivity contribution < 1.29 is 20.1 Å². The Kier molecular flexibility index (Phi) is 2.93. The summed E-state index contributed by atoms with van der Waals surface area (Å²) in [7, 11) is 0. The number of rotatable bonds is 3. The zero-order valence-corrected chi connectivity index (χ0v) is 7.69. The van der Waals surface area contributed by atoms with Gasteiger partial charge in [0.25, 0.3) is 0 Å². The van der Waals surface area contributed by atoms with E-state index in [4.69, 9.17) is 5.11 Å². The van der Waals surface area contributed by atoms with Crippen molar-refractivity contribution in [3.8, 4) is 0 Å². The van der Waals surface area contributed by atoms with Gasteiger partial charge >= 0.3 is 0 Å². The Hall–Kier alpha value is -0.610. The minimum Gasteiger partial charge on any atom is -0.550 e. The third kappa shape index (κ3) is 2.19. The second kappa shape index (κ2) is 3.64. The average molecular weight is 187 g/mol. The molecule has 2 N–H and O–H groups in total. The Labute approximate surface area is 77.2 Å². The fourth-order valence-corrected chi connectivity index (χ4v) is 2.24. The first kappa shape index (κ1) is 10.5. The van der Waals surface area contributed by atoms with Crippen molar-refractivity contribution in [3.63, 3.8) is 0 Å². The molecule has 4 nitrogen and oxygen atoms in total. The van der Waals surface area contributed by atoms with Crippen LogP contribution in [0.4, 0.5) is 0 Å². The quantitative estimate of drug-likeness (QED) is 0.587. The lowest BCUT2D eigenvalue weighted by atomic mass is 9.77. The monoisotopic (exact) mass is 187 g/mol. The summed E-state index contributed by atoms with van der Waals surface area (Å²) in [6, 6.07) is 0. The summed E-state index contributed by atoms with van der Waals surface area (Å²) in [5.41, 5.74) is -0.507. The summed E-state index contributed by atoms with van der Waals surface area (Å²) >= 11 is 0. The van der Waals surface area contributed by atoms with Crippen LogP contribution in [0.1, 0.15) is 26.2 Å². The molecule has 0 aromatic rings. The van der Waals surface area contributed by atoms with E-state index in [0.717, 1.165) is 0 Å². The molecular formula is C9H15O4-. The maximum Gasteiger partial charge on any atom is 0.0549 e. The summed E-state index contributed by atoms with van der Waals surface area (Å²) in [6.45, 7) is 1.71. The molecule has 0 radical (unpaired) electrons. The van der Waals surface area contributed by atoms with E-state index < -0.39 is 17.5 Å². The largest absolute Gasteiger partial charge is 0.550 e. The standard InChI is InChI=1S/C9H16O4/c1-9(4-8(12)13)3-7(11)2-6(9)5-10/h6-7,10-11H,2-5H2,1H3,(H,12,13)/p-1. The van der Waals surface area contributed by atoms with Crippen LogP contribution >= 0.6 is 0 Å². The molecular weight excluding hydrogens is 172 g/mol. The van der Waals surface area contributed by atoms with Gasteiger partial charge in [0.15, 0.2) is 0 Å². The predicted molar refractivity (Wildman–Crippen MR) is 43.5 cm³/mol. The number of aliphatic hydroxyl groups is 2. The Bertz CT molecular complexity index is 204. The zero-order chi connectivity index (χ0) is 10.1. The van der Waals surface area contributed by atoms with Crippen molar-refractivity contribution in [2.75, 3.05) is 6.61 Å². The smallest absolute Gasteiger partial charge is 0.0549 e. The molecule has 3 atom stereocenters. The van der Waals surface area contributed by atoms with Crippen LogP contribution in [0.3, 0.4) is 0 Å². The molecule has 0 saturated heterocycles. The topological polar surface area (TPSA) is 80.6 Å². The van der Waals surface area contributed by atoms with Gasteiger partial charge in [-0.1, -0.05) is 6.92 Å². The first-order chi connectivity index (χ1) is 5.98. The van der Waals surface area contributed by atoms with Gasteiger partial charge in [-0.15, -0.1) is 0 Å². The summed E-state index contributed by atoms with van der Waals surface area (Å²) in [5, 5.41) is 28.8. The summed E-state index contributed by atoms with van der Waals surface area (Å²) in [5.74, 6) is -1.24. The average Bonchev–Trinajstić information content (AvgIpc) is 2.23. The highest BCUT2D eigenvalue weighted by Crippen LogP contribution is 2.45. The Balaban J connectivity index is 2.69. The second-order valence-electron chi connectivity index (χ2n) is 4.18. The molecule has 0 bridgehead atoms. The van der Waals surface area contributed by atoms with Gasteiger partial charge < -0.3 is 20.1 Å². The molecule has 1 aliphatic rings. The number of carbonyl (C=O) groups is 1. The first-order valence-corrected chi connectivity index (χ1v) is 4.47. The molecule has 4 heteroatoms. The Morgan fingerprint density at radius 2 is 2.31 bits per heavy atom. The lowest BCUT2D eigenvalue weighted by molar-refractivity contribution is -0.308. The van der Waals surface area contributed by atoms with Gasteiger partial charge in [-0.2, -0.15) is 0 Å². The molecule has 1 rings (SSSR count). The Morgan fingerprint density at radius 3 is 2.77 bits per heavy atom. The van der Waals surface area contributed by atoms with Crippen LogP contribution in [0, 0.1) is 11.3 Å². The number of hydrogen-bond donors (Lipinski definition) is 2. The minimum absolute atomic E-state index is 0.0686. The van der Waals surface area contributed by atoms with Gasteiger partial charge in [0.2, 0.25) is 0 Å². The van der Waals surface area contributed by atoms with Crippen molar-refractivity contribution >= 4 is 5.97 Å². The third-order valence-corrected chi connectivity index (χ3v) is 3.01. The van der Waals surface area contributed by atoms with Gasteiger partial charge in [0.1, 0.15) is 0 Å². The minimum atomic E-state index is -1.12. The highest BCUT2D eigenvalue weighted by molar-refractivity contribution is 5.65. The van der Waals surface area contributed by atoms with Gasteiger partial charge in [-0.25, -0.2) is 0 Å². The van der Waals surface area contributed by atoms with E-state index >= 15 is 0 Å². The molecule has 13 heavy (non-hydrogen) atoms. The number of hydrogen-bond acceptors (Lipinski definition) is 4. The third-order valence-electron chi connectivity index (χ3n) is 3.01. The first-order valence-electron chi connectivity index (χ1n) is 4.47. The van der Waals surface area contributed by atoms with E-state index in [-0.39, 0.29) is 18.9 Å². The van der Waals surface area contributed by atoms with Crippen LogP contribution < -0.4 is 5.11 Å². The van der Waals surface area contributed by atoms with E-state index in [1.165, 1.54) is 0 Å². The number of carbonyl (C=O) groups excluding carboxylic acids is 1. The molecule has 3 unspecified atom stereocenters. The molecule has 0 amide bonds. The van der Waals surface area contributed by atoms with E-state index in [1.807, 2.05) is 0 Å². The van der Waals surface area contributed by atoms with E-state index in [2.05, 4.69) is 0 Å². The molecule has 0 spiro atoms. The van der Waals surface area contributed by atoms with Gasteiger partial charge in [0.05, 0.1) is 6.10 Å². The molecule has 1 saturated carbocycles. The van der Waals surface area contributed by atoms with Crippen molar-refractivity contribution in [2.45, 2.75) is 32.3 Å². The van der Waals surface area contributed by atoms with E-state index in [0.29, 0.717) is 12.8 Å². The van der Waals surface area contributed by atoms with Gasteiger partial charge in [-0.05, 0) is 30.6 Å². The molecule has 0 aromatic carbocycles. The molecule has 0 aliphatic heterocycles. The normalized spacial score (nSPS) is 39.3. The number of aliphatic carboxylic acids is 1. The van der Waals surface area contributed by atoms with Crippen LogP contribution in [-0.4, -0.2) is 28.9 Å². The molecule has 1 aliphatic carbocycles. The SMILES string of the molecule is CC1(CC(=O)[O-])CC(O)CC1CO. The van der Waals surface area contributed by atoms with Crippen LogP contribution in [0.15, 0.2) is 0 Å². The maximum atomic E-state index is 10.5. The fourth-order valence-electron chi connectivity index (χ4n) is 2.24. The zero-order valence-electron chi connectivity index (χ0n) is 7.69. The second-order valence-corrected chi connectivity index (χ2v) is 4.18. The summed E-state index contributed by atoms with van der Waals surface area (Å²) in [4.78, 5) is 10.5. The van der Waals surface area contributed by atoms with Crippen molar-refractivity contribution in [2.24, 2.45) is 11.3 Å². The lowest BCUT2D eigenvalue weighted by Gasteiger charge is -2.30. The summed E-state index contributed by atoms with van der Waals surface area (Å²) in [6.07, 6.45) is 0.350. The van der Waals surface area contributed by atoms with Crippen molar-refractivity contribution in [1.29, 1.82) is 0 Å². The van der Waals surface area contributed by atoms with Crippen molar-refractivity contribution in [3.05, 3.63) is 0 Å². The van der Waals surface area contributed by atoms with Crippen LogP contribution in [0.5, 0.6) is 0 Å². The number of carboxylic acids is 1. The lowest BCUT2D eigenvalue weighted by Crippen LogP contribution is -2.34. The van der Waals surface area contributed by atoms with Crippen LogP contribution in [0.2, 0.25) is 0 Å². The van der Waals surface area contributed by atoms with E-state index in [9.17, 15) is 15.0 Å². The maximum absolute atomic E-state index is 10.5. The van der Waals surface area contributed by atoms with Crippen LogP contribution in [0.25, 0.3) is 0 Å². The van der Waals surface area contributed by atoms with Gasteiger partial charge in [-0.3, -0.25) is 0 Å². The van der Waals surface area contributed by atoms with E-state index in [1.54, 1.807) is 6.92 Å². The Morgan fingerprint density at radius 1 is 1.69 bits per heavy atom. The highest BCUT2D eigenvalue weighted by atomic mass is 16.4. The summed E-state index contributed by atoms with van der Waals surface area (Å²) < 4.78 is 0. The molecule has 0 aromatic heterocycles. The van der Waals surface area contributed by atoms with Gasteiger partial charge in [0, 0.05) is 12.6 Å². The molecule has 0 heterocycles. The number of carboxylic acid groups (broad SMARTS) is 1.